The number of carbonyl (C=O) groups is 1. The summed E-state index contributed by atoms with van der Waals surface area (Å²) < 4.78 is 2.67. The molecule has 0 aromatic carbocycles. The number of aromatic nitrogens is 3. The quantitative estimate of drug-likeness (QED) is 0.795. The van der Waals surface area contributed by atoms with Crippen molar-refractivity contribution in [2.75, 3.05) is 13.1 Å². The molecule has 0 spiro atoms. The second kappa shape index (κ2) is 6.36. The fourth-order valence-electron chi connectivity index (χ4n) is 2.20. The van der Waals surface area contributed by atoms with Gasteiger partial charge in [-0.2, -0.15) is 0 Å². The largest absolute Gasteiger partial charge is 0.350 e. The summed E-state index contributed by atoms with van der Waals surface area (Å²) in [6, 6.07) is 5.33. The molecule has 0 bridgehead atoms. The SMILES string of the molecule is CCCN(CCC)C(=O)Cn1nc2ccccn2c1=O. The van der Waals surface area contributed by atoms with Crippen molar-refractivity contribution in [1.29, 1.82) is 0 Å². The van der Waals surface area contributed by atoms with Crippen LogP contribution < -0.4 is 5.69 Å². The van der Waals surface area contributed by atoms with Gasteiger partial charge in [0.2, 0.25) is 5.91 Å². The molecule has 2 heterocycles. The molecule has 0 unspecified atom stereocenters. The van der Waals surface area contributed by atoms with E-state index in [9.17, 15) is 9.59 Å². The van der Waals surface area contributed by atoms with Crippen LogP contribution in [0.1, 0.15) is 26.7 Å². The first-order valence-electron chi connectivity index (χ1n) is 6.99. The smallest absolute Gasteiger partial charge is 0.341 e. The van der Waals surface area contributed by atoms with Crippen LogP contribution in [0.15, 0.2) is 29.2 Å². The first-order chi connectivity index (χ1) is 9.67. The predicted molar refractivity (Wildman–Crippen MR) is 76.6 cm³/mol. The second-order valence-corrected chi connectivity index (χ2v) is 4.75. The monoisotopic (exact) mass is 276 g/mol. The molecule has 108 valence electrons. The number of carbonyl (C=O) groups excluding carboxylic acids is 1. The number of nitrogens with zero attached hydrogens (tertiary/aromatic N) is 4. The van der Waals surface area contributed by atoms with Gasteiger partial charge in [-0.15, -0.1) is 5.10 Å². The standard InChI is InChI=1S/C14H20N4O2/c1-3-8-16(9-4-2)13(19)11-18-14(20)17-10-6-5-7-12(17)15-18/h5-7,10H,3-4,8-9,11H2,1-2H3. The van der Waals surface area contributed by atoms with Crippen LogP contribution in [0.5, 0.6) is 0 Å². The molecule has 2 rings (SSSR count). The van der Waals surface area contributed by atoms with Crippen molar-refractivity contribution in [2.45, 2.75) is 33.2 Å². The van der Waals surface area contributed by atoms with E-state index in [4.69, 9.17) is 0 Å². The van der Waals surface area contributed by atoms with E-state index >= 15 is 0 Å². The van der Waals surface area contributed by atoms with Gasteiger partial charge in [-0.25, -0.2) is 9.48 Å². The predicted octanol–water partition coefficient (Wildman–Crippen LogP) is 1.14. The molecule has 0 saturated heterocycles. The molecule has 1 amide bonds. The molecule has 6 heteroatoms. The number of hydrogen-bond acceptors (Lipinski definition) is 3. The molecule has 0 atom stereocenters. The molecule has 0 aliphatic rings. The Hall–Kier alpha value is -2.11. The highest BCUT2D eigenvalue weighted by molar-refractivity contribution is 5.75. The molecule has 2 aromatic heterocycles. The number of amides is 1. The van der Waals surface area contributed by atoms with Gasteiger partial charge in [-0.1, -0.05) is 19.9 Å². The minimum Gasteiger partial charge on any atom is -0.341 e. The van der Waals surface area contributed by atoms with Crippen LogP contribution in [0, 0.1) is 0 Å². The van der Waals surface area contributed by atoms with E-state index in [1.165, 1.54) is 9.08 Å². The summed E-state index contributed by atoms with van der Waals surface area (Å²) in [6.45, 7) is 5.50. The maximum absolute atomic E-state index is 12.2. The highest BCUT2D eigenvalue weighted by Gasteiger charge is 2.15. The van der Waals surface area contributed by atoms with Gasteiger partial charge in [0.15, 0.2) is 5.65 Å². The Morgan fingerprint density at radius 3 is 2.55 bits per heavy atom. The highest BCUT2D eigenvalue weighted by Crippen LogP contribution is 1.99. The molecule has 0 radical (unpaired) electrons. The molecule has 0 N–H and O–H groups in total. The molecule has 20 heavy (non-hydrogen) atoms. The zero-order valence-electron chi connectivity index (χ0n) is 12.0. The summed E-state index contributed by atoms with van der Waals surface area (Å²) in [5.41, 5.74) is 0.282. The van der Waals surface area contributed by atoms with E-state index in [1.807, 2.05) is 19.9 Å². The minimum absolute atomic E-state index is 0.000509. The molecule has 0 aliphatic heterocycles. The number of rotatable bonds is 6. The lowest BCUT2D eigenvalue weighted by Crippen LogP contribution is -2.37. The molecular weight excluding hydrogens is 256 g/mol. The Bertz CT molecular complexity index is 638. The van der Waals surface area contributed by atoms with Crippen LogP contribution in [-0.4, -0.2) is 38.1 Å². The molecule has 2 aromatic rings. The Balaban J connectivity index is 2.20. The third-order valence-corrected chi connectivity index (χ3v) is 3.11. The average Bonchev–Trinajstić information content (AvgIpc) is 2.76. The van der Waals surface area contributed by atoms with E-state index in [1.54, 1.807) is 23.2 Å². The number of hydrogen-bond donors (Lipinski definition) is 0. The summed E-state index contributed by atoms with van der Waals surface area (Å²) in [6.07, 6.45) is 3.47. The van der Waals surface area contributed by atoms with Crippen molar-refractivity contribution in [3.05, 3.63) is 34.9 Å². The van der Waals surface area contributed by atoms with Gasteiger partial charge in [-0.05, 0) is 25.0 Å². The maximum atomic E-state index is 12.2. The first-order valence-corrected chi connectivity index (χ1v) is 6.99. The highest BCUT2D eigenvalue weighted by atomic mass is 16.2. The second-order valence-electron chi connectivity index (χ2n) is 4.75. The molecule has 6 nitrogen and oxygen atoms in total. The van der Waals surface area contributed by atoms with Gasteiger partial charge in [0, 0.05) is 19.3 Å². The summed E-state index contributed by atoms with van der Waals surface area (Å²) in [7, 11) is 0. The average molecular weight is 276 g/mol. The van der Waals surface area contributed by atoms with Gasteiger partial charge < -0.3 is 4.90 Å². The van der Waals surface area contributed by atoms with E-state index in [0.29, 0.717) is 5.65 Å². The summed E-state index contributed by atoms with van der Waals surface area (Å²) in [5.74, 6) is -0.0563. The van der Waals surface area contributed by atoms with Crippen molar-refractivity contribution in [3.63, 3.8) is 0 Å². The topological polar surface area (TPSA) is 59.6 Å². The van der Waals surface area contributed by atoms with E-state index in [2.05, 4.69) is 5.10 Å². The maximum Gasteiger partial charge on any atom is 0.350 e. The van der Waals surface area contributed by atoms with Crippen molar-refractivity contribution in [3.8, 4) is 0 Å². The van der Waals surface area contributed by atoms with Crippen LogP contribution >= 0.6 is 0 Å². The summed E-state index contributed by atoms with van der Waals surface area (Å²) in [5, 5.41) is 4.17. The van der Waals surface area contributed by atoms with Gasteiger partial charge in [0.05, 0.1) is 0 Å². The Labute approximate surface area is 117 Å². The van der Waals surface area contributed by atoms with E-state index in [-0.39, 0.29) is 18.1 Å². The minimum atomic E-state index is -0.276. The fraction of sp³-hybridized carbons (Fsp3) is 0.500. The summed E-state index contributed by atoms with van der Waals surface area (Å²) in [4.78, 5) is 26.1. The normalized spacial score (nSPS) is 10.9. The molecule has 0 saturated carbocycles. The van der Waals surface area contributed by atoms with Crippen molar-refractivity contribution >= 4 is 11.6 Å². The van der Waals surface area contributed by atoms with E-state index in [0.717, 1.165) is 25.9 Å². The van der Waals surface area contributed by atoms with Gasteiger partial charge in [-0.3, -0.25) is 9.20 Å². The Morgan fingerprint density at radius 1 is 1.25 bits per heavy atom. The van der Waals surface area contributed by atoms with Crippen molar-refractivity contribution < 1.29 is 4.79 Å². The third-order valence-electron chi connectivity index (χ3n) is 3.11. The van der Waals surface area contributed by atoms with Gasteiger partial charge >= 0.3 is 5.69 Å². The van der Waals surface area contributed by atoms with Crippen molar-refractivity contribution in [1.82, 2.24) is 19.1 Å². The summed E-state index contributed by atoms with van der Waals surface area (Å²) >= 11 is 0. The van der Waals surface area contributed by atoms with Crippen molar-refractivity contribution in [2.24, 2.45) is 0 Å². The van der Waals surface area contributed by atoms with Crippen LogP contribution in [0.4, 0.5) is 0 Å². The Morgan fingerprint density at radius 2 is 1.95 bits per heavy atom. The van der Waals surface area contributed by atoms with Crippen LogP contribution in [-0.2, 0) is 11.3 Å². The zero-order chi connectivity index (χ0) is 14.5. The lowest BCUT2D eigenvalue weighted by molar-refractivity contribution is -0.132. The molecule has 0 aliphatic carbocycles. The first kappa shape index (κ1) is 14.3. The van der Waals surface area contributed by atoms with Gasteiger partial charge in [0.1, 0.15) is 6.54 Å². The van der Waals surface area contributed by atoms with Crippen LogP contribution in [0.25, 0.3) is 5.65 Å². The van der Waals surface area contributed by atoms with Crippen LogP contribution in [0.2, 0.25) is 0 Å². The Kier molecular flexibility index (Phi) is 4.55. The molecule has 0 fully saturated rings. The third kappa shape index (κ3) is 2.89. The van der Waals surface area contributed by atoms with E-state index < -0.39 is 0 Å². The number of fused-ring (bicyclic) bond motifs is 1. The zero-order valence-corrected chi connectivity index (χ0v) is 12.0. The lowest BCUT2D eigenvalue weighted by Gasteiger charge is -2.20. The molecular formula is C14H20N4O2. The fourth-order valence-corrected chi connectivity index (χ4v) is 2.20. The lowest BCUT2D eigenvalue weighted by atomic mass is 10.3. The van der Waals surface area contributed by atoms with Gasteiger partial charge in [0.25, 0.3) is 0 Å². The number of pyridine rings is 1. The van der Waals surface area contributed by atoms with Crippen LogP contribution in [0.3, 0.4) is 0 Å².